The minimum Gasteiger partial charge on any atom is -0.332 e. The topological polar surface area (TPSA) is 118 Å². The molecular formula is C32H39ClN8O2. The van der Waals surface area contributed by atoms with Gasteiger partial charge in [0.25, 0.3) is 11.8 Å². The first kappa shape index (κ1) is 30.5. The van der Waals surface area contributed by atoms with Crippen molar-refractivity contribution in [2.75, 3.05) is 23.7 Å². The summed E-state index contributed by atoms with van der Waals surface area (Å²) in [5.41, 5.74) is 6.24. The van der Waals surface area contributed by atoms with Crippen LogP contribution in [-0.2, 0) is 39.5 Å². The van der Waals surface area contributed by atoms with Gasteiger partial charge in [-0.05, 0) is 29.7 Å². The number of amides is 2. The highest BCUT2D eigenvalue weighted by Crippen LogP contribution is 2.38. The Morgan fingerprint density at radius 1 is 0.953 bits per heavy atom. The first-order chi connectivity index (χ1) is 20.9. The number of carbonyl (C=O) groups is 2. The van der Waals surface area contributed by atoms with Gasteiger partial charge in [0.2, 0.25) is 0 Å². The van der Waals surface area contributed by atoms with Gasteiger partial charge in [-0.25, -0.2) is 9.97 Å². The first-order valence-electron chi connectivity index (χ1n) is 15.0. The summed E-state index contributed by atoms with van der Waals surface area (Å²) in [5, 5.41) is 13.1. The van der Waals surface area contributed by atoms with E-state index in [1.54, 1.807) is 12.3 Å². The average molecular weight is 603 g/mol. The summed E-state index contributed by atoms with van der Waals surface area (Å²) in [7, 11) is 1.89. The molecule has 226 valence electrons. The Kier molecular flexibility index (Phi) is 9.59. The second-order valence-electron chi connectivity index (χ2n) is 10.4. The van der Waals surface area contributed by atoms with Gasteiger partial charge in [0, 0.05) is 62.8 Å². The molecule has 10 nitrogen and oxygen atoms in total. The maximum Gasteiger partial charge on any atom is 0.291 e. The number of carbonyl (C=O) groups excluding carboxylic acids is 2. The van der Waals surface area contributed by atoms with Crippen LogP contribution in [0.2, 0.25) is 5.02 Å². The van der Waals surface area contributed by atoms with Crippen molar-refractivity contribution >= 4 is 34.8 Å². The number of hydrogen-bond acceptors (Lipinski definition) is 6. The molecule has 4 N–H and O–H groups in total. The molecular weight excluding hydrogens is 564 g/mol. The first-order valence-corrected chi connectivity index (χ1v) is 15.4. The van der Waals surface area contributed by atoms with Crippen LogP contribution in [0.15, 0.2) is 42.6 Å². The fourth-order valence-electron chi connectivity index (χ4n) is 5.63. The van der Waals surface area contributed by atoms with Crippen molar-refractivity contribution in [3.63, 3.8) is 0 Å². The van der Waals surface area contributed by atoms with Crippen molar-refractivity contribution in [3.05, 3.63) is 81.9 Å². The van der Waals surface area contributed by atoms with Crippen LogP contribution in [0.25, 0.3) is 11.1 Å². The summed E-state index contributed by atoms with van der Waals surface area (Å²) in [6.45, 7) is 9.89. The van der Waals surface area contributed by atoms with E-state index in [1.165, 1.54) is 0 Å². The summed E-state index contributed by atoms with van der Waals surface area (Å²) in [6, 6.07) is 11.4. The summed E-state index contributed by atoms with van der Waals surface area (Å²) < 4.78 is 3.89. The van der Waals surface area contributed by atoms with E-state index in [2.05, 4.69) is 38.2 Å². The van der Waals surface area contributed by atoms with E-state index in [0.29, 0.717) is 35.3 Å². The lowest BCUT2D eigenvalue weighted by molar-refractivity contribution is 0.100. The van der Waals surface area contributed by atoms with Gasteiger partial charge < -0.3 is 30.4 Å². The number of rotatable bonds is 7. The lowest BCUT2D eigenvalue weighted by Crippen LogP contribution is -2.27. The zero-order valence-corrected chi connectivity index (χ0v) is 25.9. The lowest BCUT2D eigenvalue weighted by atomic mass is 9.94. The van der Waals surface area contributed by atoms with Crippen molar-refractivity contribution < 1.29 is 9.59 Å². The van der Waals surface area contributed by atoms with Crippen LogP contribution in [0.4, 0.5) is 11.4 Å². The number of fused-ring (bicyclic) bond motifs is 2. The number of aromatic nitrogens is 4. The molecule has 2 amide bonds. The molecule has 2 aromatic heterocycles. The average Bonchev–Trinajstić information content (AvgIpc) is 3.62. The number of benzene rings is 2. The molecule has 0 fully saturated rings. The van der Waals surface area contributed by atoms with Gasteiger partial charge in [-0.15, -0.1) is 0 Å². The van der Waals surface area contributed by atoms with Crippen LogP contribution in [0, 0.1) is 0 Å². The number of imidazole rings is 2. The minimum absolute atomic E-state index is 0.249. The number of nitrogens with zero attached hydrogens (tertiary/aromatic N) is 4. The molecule has 2 aromatic carbocycles. The van der Waals surface area contributed by atoms with Gasteiger partial charge >= 0.3 is 0 Å². The monoisotopic (exact) mass is 602 g/mol. The largest absolute Gasteiger partial charge is 0.332 e. The van der Waals surface area contributed by atoms with Crippen LogP contribution >= 0.6 is 11.6 Å². The summed E-state index contributed by atoms with van der Waals surface area (Å²) >= 11 is 6.92. The smallest absolute Gasteiger partial charge is 0.291 e. The molecule has 4 heterocycles. The Bertz CT molecular complexity index is 1620. The molecule has 0 bridgehead atoms. The van der Waals surface area contributed by atoms with E-state index in [0.717, 1.165) is 78.5 Å². The standard InChI is InChI=1S/C30H33ClN8O2.C2H6/c1-3-6-19-18(7-4-9-21(19)36-30(41)28-35-23-15-32-12-11-25(23)38(28)2)20-8-5-10-22(27(20)31)37-29(40)24-17-39-14-13-33-16-26(39)34-24;1-2/h4-5,7-10,17,32-33H,3,6,11-16H2,1-2H3,(H,36,41)(H,37,40);1-2H3. The Labute approximate surface area is 257 Å². The zero-order chi connectivity index (χ0) is 30.5. The fourth-order valence-corrected chi connectivity index (χ4v) is 5.91. The van der Waals surface area contributed by atoms with E-state index in [1.807, 2.05) is 60.4 Å². The third-order valence-electron chi connectivity index (χ3n) is 7.70. The quantitative estimate of drug-likeness (QED) is 0.232. The lowest BCUT2D eigenvalue weighted by Gasteiger charge is -2.18. The molecule has 11 heteroatoms. The van der Waals surface area contributed by atoms with Crippen molar-refractivity contribution in [2.24, 2.45) is 7.05 Å². The molecule has 43 heavy (non-hydrogen) atoms. The zero-order valence-electron chi connectivity index (χ0n) is 25.2. The maximum absolute atomic E-state index is 13.4. The van der Waals surface area contributed by atoms with E-state index in [-0.39, 0.29) is 11.8 Å². The molecule has 6 rings (SSSR count). The Morgan fingerprint density at radius 3 is 2.42 bits per heavy atom. The predicted octanol–water partition coefficient (Wildman–Crippen LogP) is 5.17. The molecule has 0 aliphatic carbocycles. The minimum atomic E-state index is -0.311. The van der Waals surface area contributed by atoms with E-state index in [4.69, 9.17) is 11.6 Å². The van der Waals surface area contributed by atoms with Gasteiger partial charge in [-0.1, -0.05) is 63.1 Å². The summed E-state index contributed by atoms with van der Waals surface area (Å²) in [6.07, 6.45) is 4.22. The molecule has 2 aliphatic rings. The van der Waals surface area contributed by atoms with Crippen molar-refractivity contribution in [1.82, 2.24) is 29.7 Å². The highest BCUT2D eigenvalue weighted by atomic mass is 35.5. The van der Waals surface area contributed by atoms with E-state index >= 15 is 0 Å². The van der Waals surface area contributed by atoms with Crippen molar-refractivity contribution in [2.45, 2.75) is 59.7 Å². The molecule has 4 aromatic rings. The molecule has 0 unspecified atom stereocenters. The van der Waals surface area contributed by atoms with E-state index < -0.39 is 0 Å². The number of nitrogens with one attached hydrogen (secondary N) is 4. The highest BCUT2D eigenvalue weighted by molar-refractivity contribution is 6.36. The van der Waals surface area contributed by atoms with Crippen molar-refractivity contribution in [3.8, 4) is 11.1 Å². The van der Waals surface area contributed by atoms with Gasteiger partial charge in [0.1, 0.15) is 11.5 Å². The highest BCUT2D eigenvalue weighted by Gasteiger charge is 2.24. The Hall–Kier alpha value is -3.99. The third-order valence-corrected chi connectivity index (χ3v) is 8.10. The number of halogens is 1. The normalized spacial score (nSPS) is 13.8. The molecule has 0 atom stereocenters. The summed E-state index contributed by atoms with van der Waals surface area (Å²) in [5.74, 6) is 0.674. The van der Waals surface area contributed by atoms with Gasteiger partial charge in [-0.3, -0.25) is 9.59 Å². The van der Waals surface area contributed by atoms with Gasteiger partial charge in [0.15, 0.2) is 5.82 Å². The second-order valence-corrected chi connectivity index (χ2v) is 10.8. The molecule has 2 aliphatic heterocycles. The van der Waals surface area contributed by atoms with Gasteiger partial charge in [-0.2, -0.15) is 0 Å². The third kappa shape index (κ3) is 6.22. The SMILES string of the molecule is CC.CCCc1c(NC(=O)c2nc3c(n2C)CCNC3)cccc1-c1cccc(NC(=O)c2cn3c(n2)CNCC3)c1Cl. The van der Waals surface area contributed by atoms with Crippen LogP contribution in [0.3, 0.4) is 0 Å². The van der Waals surface area contributed by atoms with Crippen LogP contribution < -0.4 is 21.3 Å². The maximum atomic E-state index is 13.4. The second kappa shape index (κ2) is 13.5. The number of hydrogen-bond donors (Lipinski definition) is 4. The molecule has 0 saturated carbocycles. The van der Waals surface area contributed by atoms with Crippen LogP contribution in [0.1, 0.15) is 71.1 Å². The van der Waals surface area contributed by atoms with Crippen LogP contribution in [0.5, 0.6) is 0 Å². The van der Waals surface area contributed by atoms with Crippen molar-refractivity contribution in [1.29, 1.82) is 0 Å². The predicted molar refractivity (Wildman–Crippen MR) is 171 cm³/mol. The van der Waals surface area contributed by atoms with E-state index in [9.17, 15) is 9.59 Å². The van der Waals surface area contributed by atoms with Gasteiger partial charge in [0.05, 0.1) is 22.9 Å². The Morgan fingerprint density at radius 2 is 1.67 bits per heavy atom. The van der Waals surface area contributed by atoms with Crippen LogP contribution in [-0.4, -0.2) is 44.0 Å². The molecule has 0 spiro atoms. The fraction of sp³-hybridized carbons (Fsp3) is 0.375. The molecule has 0 radical (unpaired) electrons. The number of anilines is 2. The Balaban J connectivity index is 0.00000180. The molecule has 0 saturated heterocycles. The summed E-state index contributed by atoms with van der Waals surface area (Å²) in [4.78, 5) is 35.6.